The summed E-state index contributed by atoms with van der Waals surface area (Å²) < 4.78 is 35.2. The number of hydrogen-bond acceptors (Lipinski definition) is 6. The second-order valence-corrected chi connectivity index (χ2v) is 11.6. The van der Waals surface area contributed by atoms with Gasteiger partial charge in [0.2, 0.25) is 5.91 Å². The maximum absolute atomic E-state index is 13.4. The molecule has 1 saturated heterocycles. The van der Waals surface area contributed by atoms with E-state index in [9.17, 15) is 13.2 Å². The number of sulfonamides is 1. The minimum absolute atomic E-state index is 0.163. The maximum atomic E-state index is 13.4. The van der Waals surface area contributed by atoms with Crippen LogP contribution in [0.4, 0.5) is 0 Å². The van der Waals surface area contributed by atoms with Crippen molar-refractivity contribution in [1.29, 1.82) is 0 Å². The number of nitrogens with zero attached hydrogens (tertiary/aromatic N) is 3. The molecule has 176 valence electrons. The molecule has 10 heteroatoms. The van der Waals surface area contributed by atoms with Gasteiger partial charge >= 0.3 is 0 Å². The van der Waals surface area contributed by atoms with Crippen molar-refractivity contribution in [3.63, 3.8) is 0 Å². The van der Waals surface area contributed by atoms with E-state index in [-0.39, 0.29) is 12.5 Å². The summed E-state index contributed by atoms with van der Waals surface area (Å²) in [4.78, 5) is 18.7. The lowest BCUT2D eigenvalue weighted by Gasteiger charge is -2.32. The molecule has 1 aliphatic heterocycles. The van der Waals surface area contributed by atoms with E-state index in [4.69, 9.17) is 4.74 Å². The number of hydrogen-bond donors (Lipinski definition) is 1. The molecule has 33 heavy (non-hydrogen) atoms. The Bertz CT molecular complexity index is 1230. The van der Waals surface area contributed by atoms with Crippen LogP contribution < -0.4 is 10.1 Å². The Labute approximate surface area is 198 Å². The topological polar surface area (TPSA) is 93.5 Å². The van der Waals surface area contributed by atoms with Gasteiger partial charge in [0.15, 0.2) is 0 Å². The van der Waals surface area contributed by atoms with Crippen LogP contribution in [0.1, 0.15) is 35.1 Å². The Balaban J connectivity index is 1.56. The third kappa shape index (κ3) is 4.97. The van der Waals surface area contributed by atoms with Crippen molar-refractivity contribution in [3.05, 3.63) is 65.1 Å². The first-order valence-electron chi connectivity index (χ1n) is 10.8. The zero-order valence-electron chi connectivity index (χ0n) is 18.9. The average Bonchev–Trinajstić information content (AvgIpc) is 3.46. The fraction of sp³-hybridized carbons (Fsp3) is 0.391. The highest BCUT2D eigenvalue weighted by Gasteiger charge is 2.35. The zero-order chi connectivity index (χ0) is 23.6. The molecule has 4 rings (SSSR count). The molecule has 1 amide bonds. The van der Waals surface area contributed by atoms with Gasteiger partial charge in [-0.3, -0.25) is 4.79 Å². The predicted molar refractivity (Wildman–Crippen MR) is 127 cm³/mol. The number of nitrogens with one attached hydrogen (secondary N) is 1. The van der Waals surface area contributed by atoms with Crippen molar-refractivity contribution >= 4 is 27.3 Å². The van der Waals surface area contributed by atoms with Gasteiger partial charge in [-0.25, -0.2) is 13.4 Å². The molecule has 0 bridgehead atoms. The molecule has 2 unspecified atom stereocenters. The molecular weight excluding hydrogens is 460 g/mol. The van der Waals surface area contributed by atoms with Crippen LogP contribution in [0.15, 0.2) is 53.0 Å². The summed E-state index contributed by atoms with van der Waals surface area (Å²) in [5.41, 5.74) is 0.839. The van der Waals surface area contributed by atoms with Gasteiger partial charge < -0.3 is 14.6 Å². The highest BCUT2D eigenvalue weighted by atomic mass is 32.2. The first-order valence-corrected chi connectivity index (χ1v) is 13.0. The van der Waals surface area contributed by atoms with Crippen LogP contribution in [0.25, 0.3) is 0 Å². The van der Waals surface area contributed by atoms with Gasteiger partial charge in [-0.1, -0.05) is 12.1 Å². The fourth-order valence-electron chi connectivity index (χ4n) is 4.09. The number of aromatic nitrogens is 2. The smallest absolute Gasteiger partial charge is 0.252 e. The summed E-state index contributed by atoms with van der Waals surface area (Å²) in [5.74, 6) is 0.740. The normalized spacial score (nSPS) is 18.1. The summed E-state index contributed by atoms with van der Waals surface area (Å²) in [6, 6.07) is 10.5. The first kappa shape index (κ1) is 23.5. The lowest BCUT2D eigenvalue weighted by molar-refractivity contribution is -0.126. The molecule has 2 atom stereocenters. The number of carbonyl (C=O) groups excluding carboxylic acids is 1. The molecule has 0 spiro atoms. The number of piperidine rings is 1. The van der Waals surface area contributed by atoms with Crippen LogP contribution >= 0.6 is 11.3 Å². The van der Waals surface area contributed by atoms with Gasteiger partial charge in [0, 0.05) is 37.4 Å². The fourth-order valence-corrected chi connectivity index (χ4v) is 7.05. The molecule has 0 aliphatic carbocycles. The van der Waals surface area contributed by atoms with Crippen LogP contribution in [0, 0.1) is 12.8 Å². The maximum Gasteiger partial charge on any atom is 0.252 e. The Morgan fingerprint density at radius 2 is 2.12 bits per heavy atom. The first-order chi connectivity index (χ1) is 15.8. The number of aryl methyl sites for hydroxylation is 2. The standard InChI is InChI=1S/C23H28N4O4S2/c1-16-9-10-20(32-16)33(29,30)27-12-5-7-18(15-27)23(28)25-21(22-24-11-13-26(22)2)17-6-4-8-19(14-17)31-3/h4,6,8-11,13-14,18,21H,5,7,12,15H2,1-3H3,(H,25,28). The van der Waals surface area contributed by atoms with E-state index >= 15 is 0 Å². The van der Waals surface area contributed by atoms with Gasteiger partial charge in [0.25, 0.3) is 10.0 Å². The highest BCUT2D eigenvalue weighted by molar-refractivity contribution is 7.91. The van der Waals surface area contributed by atoms with E-state index < -0.39 is 22.0 Å². The Morgan fingerprint density at radius 1 is 1.30 bits per heavy atom. The average molecular weight is 489 g/mol. The lowest BCUT2D eigenvalue weighted by atomic mass is 9.97. The Hall–Kier alpha value is -2.69. The van der Waals surface area contributed by atoms with Gasteiger partial charge in [-0.15, -0.1) is 11.3 Å². The SMILES string of the molecule is COc1cccc(C(NC(=O)C2CCCN(S(=O)(=O)c3ccc(C)s3)C2)c2nccn2C)c1. The molecule has 1 aliphatic rings. The van der Waals surface area contributed by atoms with Gasteiger partial charge in [-0.2, -0.15) is 4.31 Å². The summed E-state index contributed by atoms with van der Waals surface area (Å²) in [6.07, 6.45) is 4.78. The van der Waals surface area contributed by atoms with Crippen molar-refractivity contribution in [2.45, 2.75) is 30.0 Å². The van der Waals surface area contributed by atoms with Crippen molar-refractivity contribution in [2.24, 2.45) is 13.0 Å². The monoisotopic (exact) mass is 488 g/mol. The number of carbonyl (C=O) groups is 1. The molecule has 0 saturated carbocycles. The van der Waals surface area contributed by atoms with Crippen LogP contribution in [-0.4, -0.2) is 48.4 Å². The van der Waals surface area contributed by atoms with E-state index in [2.05, 4.69) is 10.3 Å². The molecule has 3 aromatic rings. The van der Waals surface area contributed by atoms with E-state index in [1.807, 2.05) is 49.0 Å². The van der Waals surface area contributed by atoms with Crippen LogP contribution in [0.5, 0.6) is 5.75 Å². The summed E-state index contributed by atoms with van der Waals surface area (Å²) >= 11 is 1.26. The minimum atomic E-state index is -3.61. The van der Waals surface area contributed by atoms with E-state index in [0.717, 1.165) is 10.4 Å². The number of benzene rings is 1. The van der Waals surface area contributed by atoms with Crippen molar-refractivity contribution in [1.82, 2.24) is 19.2 Å². The molecule has 1 fully saturated rings. The van der Waals surface area contributed by atoms with E-state index in [1.54, 1.807) is 25.4 Å². The summed E-state index contributed by atoms with van der Waals surface area (Å²) in [6.45, 7) is 2.46. The summed E-state index contributed by atoms with van der Waals surface area (Å²) in [5, 5.41) is 3.12. The Morgan fingerprint density at radius 3 is 2.79 bits per heavy atom. The van der Waals surface area contributed by atoms with Gasteiger partial charge in [0.1, 0.15) is 21.8 Å². The predicted octanol–water partition coefficient (Wildman–Crippen LogP) is 3.11. The molecule has 1 N–H and O–H groups in total. The second kappa shape index (κ2) is 9.66. The molecule has 8 nitrogen and oxygen atoms in total. The second-order valence-electron chi connectivity index (χ2n) is 8.18. The van der Waals surface area contributed by atoms with Crippen LogP contribution in [0.2, 0.25) is 0 Å². The zero-order valence-corrected chi connectivity index (χ0v) is 20.5. The minimum Gasteiger partial charge on any atom is -0.497 e. The van der Waals surface area contributed by atoms with Crippen LogP contribution in [-0.2, 0) is 21.9 Å². The third-order valence-electron chi connectivity index (χ3n) is 5.90. The van der Waals surface area contributed by atoms with Crippen molar-refractivity contribution < 1.29 is 17.9 Å². The van der Waals surface area contributed by atoms with Crippen molar-refractivity contribution in [2.75, 3.05) is 20.2 Å². The van der Waals surface area contributed by atoms with Gasteiger partial charge in [0.05, 0.1) is 13.0 Å². The molecular formula is C23H28N4O4S2. The molecule has 3 heterocycles. The number of amides is 1. The quantitative estimate of drug-likeness (QED) is 0.552. The molecule has 0 radical (unpaired) electrons. The summed E-state index contributed by atoms with van der Waals surface area (Å²) in [7, 11) is -0.137. The van der Waals surface area contributed by atoms with Gasteiger partial charge in [-0.05, 0) is 49.6 Å². The molecule has 2 aromatic heterocycles. The number of methoxy groups -OCH3 is 1. The number of imidazole rings is 1. The number of rotatable bonds is 7. The van der Waals surface area contributed by atoms with E-state index in [0.29, 0.717) is 35.2 Å². The van der Waals surface area contributed by atoms with E-state index in [1.165, 1.54) is 15.6 Å². The van der Waals surface area contributed by atoms with Crippen molar-refractivity contribution in [3.8, 4) is 5.75 Å². The Kier molecular flexibility index (Phi) is 6.87. The third-order valence-corrected chi connectivity index (χ3v) is 9.23. The largest absolute Gasteiger partial charge is 0.497 e. The molecule has 1 aromatic carbocycles. The lowest BCUT2D eigenvalue weighted by Crippen LogP contribution is -2.46. The number of ether oxygens (including phenoxy) is 1. The number of thiophene rings is 1. The van der Waals surface area contributed by atoms with Crippen LogP contribution in [0.3, 0.4) is 0 Å². The highest BCUT2D eigenvalue weighted by Crippen LogP contribution is 2.30.